The van der Waals surface area contributed by atoms with E-state index >= 15 is 0 Å². The highest BCUT2D eigenvalue weighted by atomic mass is 32.2. The Bertz CT molecular complexity index is 389. The van der Waals surface area contributed by atoms with Crippen LogP contribution in [-0.2, 0) is 14.9 Å². The Kier molecular flexibility index (Phi) is 4.84. The van der Waals surface area contributed by atoms with Gasteiger partial charge in [-0.25, -0.2) is 0 Å². The quantitative estimate of drug-likeness (QED) is 0.727. The molecular formula is C12H24N2O4S. The molecule has 2 aliphatic rings. The molecule has 19 heavy (non-hydrogen) atoms. The van der Waals surface area contributed by atoms with Gasteiger partial charge in [0.1, 0.15) is 0 Å². The Balaban J connectivity index is 1.90. The zero-order valence-electron chi connectivity index (χ0n) is 11.5. The van der Waals surface area contributed by atoms with Crippen molar-refractivity contribution in [1.29, 1.82) is 0 Å². The standard InChI is InChI=1S/C12H24N2O4S/c1-18-12(5-3-6-12)10-13-19(16,17)14-7-2-4-11(8-14)9-15/h11,13,15H,2-10H2,1H3. The average Bonchev–Trinajstić information content (AvgIpc) is 2.38. The minimum Gasteiger partial charge on any atom is -0.396 e. The molecule has 0 aromatic carbocycles. The third-order valence-corrected chi connectivity index (χ3v) is 5.87. The van der Waals surface area contributed by atoms with Crippen LogP contribution in [-0.4, -0.2) is 56.8 Å². The molecule has 1 unspecified atom stereocenters. The van der Waals surface area contributed by atoms with E-state index in [2.05, 4.69) is 4.72 Å². The van der Waals surface area contributed by atoms with Crippen molar-refractivity contribution in [2.45, 2.75) is 37.7 Å². The van der Waals surface area contributed by atoms with Crippen LogP contribution in [0.5, 0.6) is 0 Å². The number of nitrogens with zero attached hydrogens (tertiary/aromatic N) is 1. The lowest BCUT2D eigenvalue weighted by molar-refractivity contribution is -0.0661. The maximum atomic E-state index is 12.2. The van der Waals surface area contributed by atoms with Crippen molar-refractivity contribution in [2.75, 3.05) is 33.4 Å². The summed E-state index contributed by atoms with van der Waals surface area (Å²) in [7, 11) is -1.82. The molecule has 1 saturated heterocycles. The van der Waals surface area contributed by atoms with Crippen molar-refractivity contribution in [3.8, 4) is 0 Å². The zero-order chi connectivity index (χ0) is 13.9. The van der Waals surface area contributed by atoms with Crippen LogP contribution in [0.3, 0.4) is 0 Å². The minimum atomic E-state index is -3.45. The molecule has 6 nitrogen and oxygen atoms in total. The number of piperidine rings is 1. The molecule has 1 saturated carbocycles. The second-order valence-corrected chi connectivity index (χ2v) is 7.37. The number of hydrogen-bond acceptors (Lipinski definition) is 4. The average molecular weight is 292 g/mol. The molecule has 0 amide bonds. The predicted octanol–water partition coefficient (Wildman–Crippen LogP) is 0.0942. The van der Waals surface area contributed by atoms with E-state index in [0.29, 0.717) is 19.6 Å². The smallest absolute Gasteiger partial charge is 0.279 e. The summed E-state index contributed by atoms with van der Waals surface area (Å²) in [6, 6.07) is 0. The van der Waals surface area contributed by atoms with Gasteiger partial charge in [0.15, 0.2) is 0 Å². The highest BCUT2D eigenvalue weighted by molar-refractivity contribution is 7.87. The fraction of sp³-hybridized carbons (Fsp3) is 1.00. The zero-order valence-corrected chi connectivity index (χ0v) is 12.3. The van der Waals surface area contributed by atoms with Crippen LogP contribution in [0.25, 0.3) is 0 Å². The van der Waals surface area contributed by atoms with E-state index in [4.69, 9.17) is 9.84 Å². The van der Waals surface area contributed by atoms with E-state index in [1.807, 2.05) is 0 Å². The molecule has 1 aliphatic heterocycles. The maximum absolute atomic E-state index is 12.2. The lowest BCUT2D eigenvalue weighted by atomic mass is 9.80. The lowest BCUT2D eigenvalue weighted by Crippen LogP contribution is -2.53. The molecule has 7 heteroatoms. The fourth-order valence-electron chi connectivity index (χ4n) is 2.73. The number of methoxy groups -OCH3 is 1. The molecule has 1 atom stereocenters. The summed E-state index contributed by atoms with van der Waals surface area (Å²) in [6.07, 6.45) is 4.61. The van der Waals surface area contributed by atoms with Gasteiger partial charge < -0.3 is 9.84 Å². The highest BCUT2D eigenvalue weighted by Crippen LogP contribution is 2.34. The van der Waals surface area contributed by atoms with Gasteiger partial charge in [-0.3, -0.25) is 0 Å². The van der Waals surface area contributed by atoms with Crippen molar-refractivity contribution in [3.05, 3.63) is 0 Å². The third kappa shape index (κ3) is 3.46. The summed E-state index contributed by atoms with van der Waals surface area (Å²) in [6.45, 7) is 1.33. The number of hydrogen-bond donors (Lipinski definition) is 2. The first-order chi connectivity index (χ1) is 9.01. The van der Waals surface area contributed by atoms with Crippen molar-refractivity contribution in [1.82, 2.24) is 9.03 Å². The number of aliphatic hydroxyl groups excluding tert-OH is 1. The molecule has 0 aromatic heterocycles. The fourth-order valence-corrected chi connectivity index (χ4v) is 4.14. The van der Waals surface area contributed by atoms with Crippen molar-refractivity contribution < 1.29 is 18.3 Å². The van der Waals surface area contributed by atoms with Gasteiger partial charge in [-0.1, -0.05) is 0 Å². The predicted molar refractivity (Wildman–Crippen MR) is 71.9 cm³/mol. The first-order valence-corrected chi connectivity index (χ1v) is 8.36. The number of ether oxygens (including phenoxy) is 1. The number of rotatable bonds is 6. The summed E-state index contributed by atoms with van der Waals surface area (Å²) >= 11 is 0. The maximum Gasteiger partial charge on any atom is 0.279 e. The van der Waals surface area contributed by atoms with E-state index in [0.717, 1.165) is 32.1 Å². The van der Waals surface area contributed by atoms with Gasteiger partial charge in [0.2, 0.25) is 0 Å². The lowest BCUT2D eigenvalue weighted by Gasteiger charge is -2.41. The van der Waals surface area contributed by atoms with Crippen LogP contribution in [0.1, 0.15) is 32.1 Å². The van der Waals surface area contributed by atoms with Crippen molar-refractivity contribution >= 4 is 10.2 Å². The van der Waals surface area contributed by atoms with E-state index in [-0.39, 0.29) is 18.1 Å². The van der Waals surface area contributed by atoms with Gasteiger partial charge in [0.05, 0.1) is 5.60 Å². The molecule has 0 bridgehead atoms. The van der Waals surface area contributed by atoms with Gasteiger partial charge >= 0.3 is 0 Å². The second-order valence-electron chi connectivity index (χ2n) is 5.62. The SMILES string of the molecule is COC1(CNS(=O)(=O)N2CCCC(CO)C2)CCC1. The summed E-state index contributed by atoms with van der Waals surface area (Å²) < 4.78 is 34.0. The Hall–Kier alpha value is -0.210. The van der Waals surface area contributed by atoms with Crippen molar-refractivity contribution in [3.63, 3.8) is 0 Å². The van der Waals surface area contributed by atoms with Gasteiger partial charge in [0.25, 0.3) is 10.2 Å². The Labute approximate surface area is 115 Å². The Morgan fingerprint density at radius 1 is 1.42 bits per heavy atom. The molecule has 2 fully saturated rings. The highest BCUT2D eigenvalue weighted by Gasteiger charge is 2.39. The van der Waals surface area contributed by atoms with Gasteiger partial charge in [-0.05, 0) is 38.0 Å². The first-order valence-electron chi connectivity index (χ1n) is 6.92. The van der Waals surface area contributed by atoms with E-state index in [1.165, 1.54) is 4.31 Å². The van der Waals surface area contributed by atoms with Crippen molar-refractivity contribution in [2.24, 2.45) is 5.92 Å². The van der Waals surface area contributed by atoms with Gasteiger partial charge in [0, 0.05) is 33.4 Å². The van der Waals surface area contributed by atoms with E-state index < -0.39 is 10.2 Å². The second kappa shape index (κ2) is 6.05. The molecule has 1 heterocycles. The van der Waals surface area contributed by atoms with Gasteiger partial charge in [-0.2, -0.15) is 17.4 Å². The van der Waals surface area contributed by atoms with Crippen LogP contribution in [0.15, 0.2) is 0 Å². The topological polar surface area (TPSA) is 78.9 Å². The normalized spacial score (nSPS) is 28.0. The summed E-state index contributed by atoms with van der Waals surface area (Å²) in [4.78, 5) is 0. The largest absolute Gasteiger partial charge is 0.396 e. The Morgan fingerprint density at radius 3 is 2.68 bits per heavy atom. The minimum absolute atomic E-state index is 0.0496. The van der Waals surface area contributed by atoms with E-state index in [1.54, 1.807) is 7.11 Å². The summed E-state index contributed by atoms with van der Waals surface area (Å²) in [5.41, 5.74) is -0.306. The molecule has 2 N–H and O–H groups in total. The molecule has 0 spiro atoms. The molecule has 1 aliphatic carbocycles. The number of aliphatic hydroxyl groups is 1. The van der Waals surface area contributed by atoms with Crippen LogP contribution < -0.4 is 4.72 Å². The summed E-state index contributed by atoms with van der Waals surface area (Å²) in [5, 5.41) is 9.16. The van der Waals surface area contributed by atoms with Crippen LogP contribution in [0.4, 0.5) is 0 Å². The van der Waals surface area contributed by atoms with Crippen LogP contribution in [0.2, 0.25) is 0 Å². The van der Waals surface area contributed by atoms with E-state index in [9.17, 15) is 8.42 Å². The first kappa shape index (κ1) is 15.2. The molecule has 0 aromatic rings. The van der Waals surface area contributed by atoms with Crippen LogP contribution in [0, 0.1) is 5.92 Å². The van der Waals surface area contributed by atoms with Gasteiger partial charge in [-0.15, -0.1) is 0 Å². The van der Waals surface area contributed by atoms with Crippen LogP contribution >= 0.6 is 0 Å². The summed E-state index contributed by atoms with van der Waals surface area (Å²) in [5.74, 6) is 0.0606. The monoisotopic (exact) mass is 292 g/mol. The molecular weight excluding hydrogens is 268 g/mol. The third-order valence-electron chi connectivity index (χ3n) is 4.35. The molecule has 2 rings (SSSR count). The Morgan fingerprint density at radius 2 is 2.16 bits per heavy atom. The molecule has 112 valence electrons. The number of nitrogens with one attached hydrogen (secondary N) is 1. The molecule has 0 radical (unpaired) electrons.